The third-order valence-corrected chi connectivity index (χ3v) is 7.84. The van der Waals surface area contributed by atoms with Crippen molar-refractivity contribution >= 4 is 16.0 Å². The largest absolute Gasteiger partial charge is 0.494 e. The highest BCUT2D eigenvalue weighted by Gasteiger charge is 2.36. The Hall–Kier alpha value is -4.14. The van der Waals surface area contributed by atoms with Gasteiger partial charge in [0.2, 0.25) is 16.0 Å². The lowest BCUT2D eigenvalue weighted by molar-refractivity contribution is -0.00765. The number of rotatable bonds is 12. The van der Waals surface area contributed by atoms with Crippen LogP contribution in [-0.4, -0.2) is 75.4 Å². The van der Waals surface area contributed by atoms with Gasteiger partial charge in [0.1, 0.15) is 28.5 Å². The zero-order valence-electron chi connectivity index (χ0n) is 23.6. The first-order valence-electron chi connectivity index (χ1n) is 12.7. The lowest BCUT2D eigenvalue weighted by atomic mass is 10.2. The summed E-state index contributed by atoms with van der Waals surface area (Å²) in [6.07, 6.45) is 4.50. The molecule has 0 radical (unpaired) electrons. The minimum Gasteiger partial charge on any atom is -0.494 e. The monoisotopic (exact) mass is 583 g/mol. The van der Waals surface area contributed by atoms with Crippen LogP contribution >= 0.6 is 0 Å². The molecular weight excluding hydrogens is 550 g/mol. The lowest BCUT2D eigenvalue weighted by Gasteiger charge is -2.24. The number of nitrogens with one attached hydrogen (secondary N) is 1. The fourth-order valence-corrected chi connectivity index (χ4v) is 5.17. The molecule has 0 aliphatic carbocycles. The van der Waals surface area contributed by atoms with E-state index in [1.54, 1.807) is 43.0 Å². The van der Waals surface area contributed by atoms with Gasteiger partial charge in [-0.05, 0) is 57.0 Å². The number of sulfonamides is 1. The molecule has 2 N–H and O–H groups in total. The molecule has 4 rings (SSSR count). The van der Waals surface area contributed by atoms with Crippen molar-refractivity contribution in [2.45, 2.75) is 45.2 Å². The molecule has 0 aliphatic rings. The van der Waals surface area contributed by atoms with Crippen LogP contribution in [-0.2, 0) is 14.8 Å². The van der Waals surface area contributed by atoms with Gasteiger partial charge in [-0.15, -0.1) is 10.2 Å². The zero-order chi connectivity index (χ0) is 29.7. The van der Waals surface area contributed by atoms with Crippen LogP contribution in [0.1, 0.15) is 36.9 Å². The van der Waals surface area contributed by atoms with Crippen molar-refractivity contribution in [3.63, 3.8) is 0 Å². The molecule has 14 heteroatoms. The molecule has 3 aromatic heterocycles. The van der Waals surface area contributed by atoms with Gasteiger partial charge in [-0.3, -0.25) is 14.3 Å². The SMILES string of the molecule is COc1cccc(OC)c1-n1c(NS(=O)(=O)C(C)C(OCC(C)O)c2ncc(C)cn2)nnc1-c1cncc(C)c1. The molecule has 0 bridgehead atoms. The number of anilines is 1. The number of pyridine rings is 1. The van der Waals surface area contributed by atoms with Crippen molar-refractivity contribution in [3.8, 4) is 28.6 Å². The fourth-order valence-electron chi connectivity index (χ4n) is 4.07. The van der Waals surface area contributed by atoms with Gasteiger partial charge in [-0.1, -0.05) is 6.07 Å². The summed E-state index contributed by atoms with van der Waals surface area (Å²) in [7, 11) is -1.23. The molecular formula is C27H33N7O6S. The van der Waals surface area contributed by atoms with Crippen LogP contribution < -0.4 is 14.2 Å². The third-order valence-electron chi connectivity index (χ3n) is 6.14. The molecule has 0 fully saturated rings. The number of aryl methyl sites for hydroxylation is 2. The van der Waals surface area contributed by atoms with Gasteiger partial charge in [0.25, 0.3) is 0 Å². The highest BCUT2D eigenvalue weighted by atomic mass is 32.2. The molecule has 0 saturated carbocycles. The Morgan fingerprint density at radius 2 is 1.63 bits per heavy atom. The Morgan fingerprint density at radius 1 is 0.976 bits per heavy atom. The second kappa shape index (κ2) is 12.6. The summed E-state index contributed by atoms with van der Waals surface area (Å²) in [6.45, 7) is 6.58. The number of methoxy groups -OCH3 is 2. The minimum absolute atomic E-state index is 0.116. The molecule has 0 spiro atoms. The van der Waals surface area contributed by atoms with Crippen LogP contribution in [0, 0.1) is 13.8 Å². The number of benzene rings is 1. The van der Waals surface area contributed by atoms with Gasteiger partial charge in [0.15, 0.2) is 11.6 Å². The van der Waals surface area contributed by atoms with Crippen molar-refractivity contribution in [1.29, 1.82) is 0 Å². The molecule has 3 atom stereocenters. The first-order chi connectivity index (χ1) is 19.6. The predicted octanol–water partition coefficient (Wildman–Crippen LogP) is 3.02. The minimum atomic E-state index is -4.22. The average molecular weight is 584 g/mol. The van der Waals surface area contributed by atoms with E-state index in [1.165, 1.54) is 32.6 Å². The van der Waals surface area contributed by atoms with Crippen molar-refractivity contribution in [2.24, 2.45) is 0 Å². The second-order valence-corrected chi connectivity index (χ2v) is 11.6. The number of hydrogen-bond donors (Lipinski definition) is 2. The first kappa shape index (κ1) is 29.8. The van der Waals surface area contributed by atoms with Gasteiger partial charge >= 0.3 is 0 Å². The predicted molar refractivity (Wildman–Crippen MR) is 152 cm³/mol. The number of aliphatic hydroxyl groups is 1. The molecule has 1 aromatic carbocycles. The zero-order valence-corrected chi connectivity index (χ0v) is 24.5. The van der Waals surface area contributed by atoms with Crippen molar-refractivity contribution in [2.75, 3.05) is 25.5 Å². The standard InChI is InChI=1S/C27H33N7O6S/c1-16-10-20(14-28-11-16)26-31-32-27(34(26)23-21(38-5)8-7-9-22(23)39-6)33-41(36,37)19(4)24(40-15-18(3)35)25-29-12-17(2)13-30-25/h7-14,18-19,24,35H,15H2,1-6H3,(H,32,33). The molecule has 13 nitrogen and oxygen atoms in total. The van der Waals surface area contributed by atoms with Crippen LogP contribution in [0.2, 0.25) is 0 Å². The molecule has 0 saturated heterocycles. The van der Waals surface area contributed by atoms with Gasteiger partial charge in [0.05, 0.1) is 26.9 Å². The summed E-state index contributed by atoms with van der Waals surface area (Å²) in [4.78, 5) is 12.8. The molecule has 218 valence electrons. The van der Waals surface area contributed by atoms with Gasteiger partial charge in [-0.25, -0.2) is 18.4 Å². The maximum Gasteiger partial charge on any atom is 0.243 e. The lowest BCUT2D eigenvalue weighted by Crippen LogP contribution is -2.35. The Labute approximate surface area is 238 Å². The van der Waals surface area contributed by atoms with Crippen molar-refractivity contribution in [1.82, 2.24) is 29.7 Å². The summed E-state index contributed by atoms with van der Waals surface area (Å²) in [6, 6.07) is 7.03. The fraction of sp³-hybridized carbons (Fsp3) is 0.370. The van der Waals surface area contributed by atoms with E-state index in [0.717, 1.165) is 11.1 Å². The maximum absolute atomic E-state index is 13.9. The molecule has 3 unspecified atom stereocenters. The van der Waals surface area contributed by atoms with Crippen LogP contribution in [0.4, 0.5) is 5.95 Å². The number of para-hydroxylation sites is 1. The topological polar surface area (TPSA) is 163 Å². The Bertz CT molecular complexity index is 1570. The van der Waals surface area contributed by atoms with Gasteiger partial charge < -0.3 is 19.3 Å². The van der Waals surface area contributed by atoms with E-state index in [9.17, 15) is 13.5 Å². The Morgan fingerprint density at radius 3 is 2.22 bits per heavy atom. The van der Waals surface area contributed by atoms with Crippen molar-refractivity contribution in [3.05, 3.63) is 66.0 Å². The van der Waals surface area contributed by atoms with E-state index >= 15 is 0 Å². The molecule has 41 heavy (non-hydrogen) atoms. The smallest absolute Gasteiger partial charge is 0.243 e. The number of ether oxygens (including phenoxy) is 3. The van der Waals surface area contributed by atoms with Gasteiger partial charge in [-0.2, -0.15) is 0 Å². The van der Waals surface area contributed by atoms with Gasteiger partial charge in [0, 0.05) is 30.4 Å². The third kappa shape index (κ3) is 6.61. The van der Waals surface area contributed by atoms with E-state index in [1.807, 2.05) is 19.9 Å². The van der Waals surface area contributed by atoms with Crippen molar-refractivity contribution < 1.29 is 27.7 Å². The quantitative estimate of drug-likeness (QED) is 0.252. The highest BCUT2D eigenvalue weighted by molar-refractivity contribution is 7.93. The van der Waals surface area contributed by atoms with E-state index in [0.29, 0.717) is 28.6 Å². The molecule has 3 heterocycles. The number of nitrogens with zero attached hydrogens (tertiary/aromatic N) is 6. The summed E-state index contributed by atoms with van der Waals surface area (Å²) >= 11 is 0. The van der Waals surface area contributed by atoms with E-state index in [-0.39, 0.29) is 18.4 Å². The normalized spacial score (nSPS) is 13.8. The summed E-state index contributed by atoms with van der Waals surface area (Å²) in [5, 5.41) is 17.1. The van der Waals surface area contributed by atoms with E-state index < -0.39 is 27.5 Å². The van der Waals surface area contributed by atoms with E-state index in [2.05, 4.69) is 29.9 Å². The number of aromatic nitrogens is 6. The molecule has 0 amide bonds. The van der Waals surface area contributed by atoms with E-state index in [4.69, 9.17) is 14.2 Å². The summed E-state index contributed by atoms with van der Waals surface area (Å²) in [5.74, 6) is 1.14. The van der Waals surface area contributed by atoms with Crippen LogP contribution in [0.5, 0.6) is 11.5 Å². The second-order valence-electron chi connectivity index (χ2n) is 9.52. The summed E-state index contributed by atoms with van der Waals surface area (Å²) in [5.41, 5.74) is 2.65. The Balaban J connectivity index is 1.83. The Kier molecular flexibility index (Phi) is 9.15. The van der Waals surface area contributed by atoms with Crippen LogP contribution in [0.15, 0.2) is 49.1 Å². The molecule has 4 aromatic rings. The number of aliphatic hydroxyl groups excluding tert-OH is 1. The first-order valence-corrected chi connectivity index (χ1v) is 14.3. The number of hydrogen-bond acceptors (Lipinski definition) is 11. The van der Waals surface area contributed by atoms with Crippen LogP contribution in [0.25, 0.3) is 17.1 Å². The summed E-state index contributed by atoms with van der Waals surface area (Å²) < 4.78 is 48.8. The van der Waals surface area contributed by atoms with Crippen LogP contribution in [0.3, 0.4) is 0 Å². The maximum atomic E-state index is 13.9. The molecule has 0 aliphatic heterocycles. The highest BCUT2D eigenvalue weighted by Crippen LogP contribution is 2.38. The average Bonchev–Trinajstić information content (AvgIpc) is 3.35.